The Hall–Kier alpha value is -1.66. The Labute approximate surface area is 91.4 Å². The highest BCUT2D eigenvalue weighted by Crippen LogP contribution is 2.25. The number of aromatic nitrogens is 2. The molecule has 0 spiro atoms. The maximum Gasteiger partial charge on any atom is 0.234 e. The van der Waals surface area contributed by atoms with E-state index in [4.69, 9.17) is 19.4 Å². The number of hydrogen-bond acceptors (Lipinski definition) is 6. The predicted octanol–water partition coefficient (Wildman–Crippen LogP) is 0.771. The van der Waals surface area contributed by atoms with Gasteiger partial charge in [0.05, 0.1) is 31.0 Å². The third-order valence-corrected chi connectivity index (χ3v) is 2.66. The first-order valence-electron chi connectivity index (χ1n) is 5.04. The average molecular weight is 221 g/mol. The summed E-state index contributed by atoms with van der Waals surface area (Å²) in [6, 6.07) is 1.71. The van der Waals surface area contributed by atoms with Gasteiger partial charge in [-0.3, -0.25) is 0 Å². The molecule has 1 fully saturated rings. The Balaban J connectivity index is 1.88. The molecule has 16 heavy (non-hydrogen) atoms. The first-order chi connectivity index (χ1) is 7.84. The molecule has 0 aromatic carbocycles. The second-order valence-corrected chi connectivity index (χ2v) is 3.78. The maximum absolute atomic E-state index is 5.87. The van der Waals surface area contributed by atoms with Gasteiger partial charge in [-0.15, -0.1) is 0 Å². The van der Waals surface area contributed by atoms with Crippen molar-refractivity contribution in [3.63, 3.8) is 0 Å². The number of nitrogens with two attached hydrogens (primary N) is 1. The lowest BCUT2D eigenvalue weighted by Crippen LogP contribution is -2.26. The lowest BCUT2D eigenvalue weighted by atomic mass is 10.1. The largest absolute Gasteiger partial charge is 0.472 e. The molecule has 0 bridgehead atoms. The minimum Gasteiger partial charge on any atom is -0.472 e. The van der Waals surface area contributed by atoms with Gasteiger partial charge in [-0.25, -0.2) is 0 Å². The van der Waals surface area contributed by atoms with Gasteiger partial charge in [0.1, 0.15) is 6.26 Å². The van der Waals surface area contributed by atoms with E-state index in [9.17, 15) is 0 Å². The fourth-order valence-electron chi connectivity index (χ4n) is 1.72. The Morgan fingerprint density at radius 1 is 1.38 bits per heavy atom. The lowest BCUT2D eigenvalue weighted by Gasteiger charge is -2.05. The predicted molar refractivity (Wildman–Crippen MR) is 53.5 cm³/mol. The van der Waals surface area contributed by atoms with Crippen LogP contribution in [0.15, 0.2) is 27.5 Å². The van der Waals surface area contributed by atoms with Crippen LogP contribution in [0.1, 0.15) is 11.8 Å². The molecule has 1 aliphatic heterocycles. The zero-order chi connectivity index (χ0) is 11.0. The van der Waals surface area contributed by atoms with Crippen molar-refractivity contribution in [1.82, 2.24) is 10.1 Å². The normalized spacial score (nSPS) is 25.1. The van der Waals surface area contributed by atoms with Crippen LogP contribution in [0.5, 0.6) is 0 Å². The summed E-state index contributed by atoms with van der Waals surface area (Å²) in [6.45, 7) is 1.07. The second kappa shape index (κ2) is 3.73. The van der Waals surface area contributed by atoms with Crippen LogP contribution >= 0.6 is 0 Å². The van der Waals surface area contributed by atoms with Crippen molar-refractivity contribution in [2.45, 2.75) is 12.0 Å². The molecule has 3 rings (SSSR count). The molecule has 0 aliphatic carbocycles. The smallest absolute Gasteiger partial charge is 0.234 e. The van der Waals surface area contributed by atoms with Gasteiger partial charge in [0, 0.05) is 6.04 Å². The second-order valence-electron chi connectivity index (χ2n) is 3.78. The van der Waals surface area contributed by atoms with Gasteiger partial charge in [0.2, 0.25) is 11.7 Å². The summed E-state index contributed by atoms with van der Waals surface area (Å²) in [5.74, 6) is 1.04. The molecule has 3 heterocycles. The third kappa shape index (κ3) is 1.52. The summed E-state index contributed by atoms with van der Waals surface area (Å²) in [7, 11) is 0. The molecule has 2 aromatic rings. The number of furan rings is 1. The molecule has 2 N–H and O–H groups in total. The van der Waals surface area contributed by atoms with Crippen molar-refractivity contribution in [3.8, 4) is 11.4 Å². The van der Waals surface area contributed by atoms with E-state index in [2.05, 4.69) is 10.1 Å². The van der Waals surface area contributed by atoms with Gasteiger partial charge in [0.25, 0.3) is 0 Å². The topological polar surface area (TPSA) is 87.3 Å². The molecule has 0 saturated carbocycles. The highest BCUT2D eigenvalue weighted by molar-refractivity contribution is 5.51. The average Bonchev–Trinajstić information content (AvgIpc) is 2.96. The summed E-state index contributed by atoms with van der Waals surface area (Å²) >= 11 is 0. The van der Waals surface area contributed by atoms with Crippen LogP contribution in [-0.2, 0) is 4.74 Å². The molecule has 1 saturated heterocycles. The Morgan fingerprint density at radius 3 is 3.00 bits per heavy atom. The molecular formula is C10H11N3O3. The minimum atomic E-state index is -0.0716. The van der Waals surface area contributed by atoms with Crippen molar-refractivity contribution >= 4 is 0 Å². The van der Waals surface area contributed by atoms with E-state index in [0.29, 0.717) is 24.9 Å². The van der Waals surface area contributed by atoms with E-state index in [1.54, 1.807) is 18.6 Å². The molecule has 1 aliphatic rings. The van der Waals surface area contributed by atoms with E-state index >= 15 is 0 Å². The van der Waals surface area contributed by atoms with Gasteiger partial charge >= 0.3 is 0 Å². The molecule has 2 atom stereocenters. The van der Waals surface area contributed by atoms with Crippen molar-refractivity contribution < 1.29 is 13.7 Å². The fraction of sp³-hybridized carbons (Fsp3) is 0.400. The van der Waals surface area contributed by atoms with Crippen LogP contribution in [0.4, 0.5) is 0 Å². The van der Waals surface area contributed by atoms with Crippen molar-refractivity contribution in [3.05, 3.63) is 24.5 Å². The zero-order valence-electron chi connectivity index (χ0n) is 8.50. The summed E-state index contributed by atoms with van der Waals surface area (Å²) in [5.41, 5.74) is 6.66. The molecule has 84 valence electrons. The highest BCUT2D eigenvalue weighted by atomic mass is 16.5. The number of nitrogens with zero attached hydrogens (tertiary/aromatic N) is 2. The van der Waals surface area contributed by atoms with Crippen LogP contribution in [0, 0.1) is 0 Å². The van der Waals surface area contributed by atoms with Gasteiger partial charge in [-0.05, 0) is 6.07 Å². The maximum atomic E-state index is 5.87. The molecule has 2 aromatic heterocycles. The Morgan fingerprint density at radius 2 is 2.31 bits per heavy atom. The molecule has 0 radical (unpaired) electrons. The lowest BCUT2D eigenvalue weighted by molar-refractivity contribution is 0.187. The van der Waals surface area contributed by atoms with Crippen LogP contribution in [0.25, 0.3) is 11.4 Å². The van der Waals surface area contributed by atoms with Crippen LogP contribution in [0.2, 0.25) is 0 Å². The van der Waals surface area contributed by atoms with Gasteiger partial charge < -0.3 is 19.4 Å². The third-order valence-electron chi connectivity index (χ3n) is 2.66. The molecule has 6 nitrogen and oxygen atoms in total. The first-order valence-corrected chi connectivity index (χ1v) is 5.04. The van der Waals surface area contributed by atoms with E-state index in [-0.39, 0.29) is 12.0 Å². The summed E-state index contributed by atoms with van der Waals surface area (Å²) < 4.78 is 15.4. The van der Waals surface area contributed by atoms with Crippen molar-refractivity contribution in [2.75, 3.05) is 13.2 Å². The van der Waals surface area contributed by atoms with E-state index in [1.165, 1.54) is 0 Å². The molecular weight excluding hydrogens is 210 g/mol. The van der Waals surface area contributed by atoms with Crippen LogP contribution in [0.3, 0.4) is 0 Å². The Bertz CT molecular complexity index is 465. The van der Waals surface area contributed by atoms with Crippen molar-refractivity contribution in [1.29, 1.82) is 0 Å². The van der Waals surface area contributed by atoms with Gasteiger partial charge in [0.15, 0.2) is 0 Å². The standard InChI is InChI=1S/C10H11N3O3/c11-8-5-15-4-7(8)10-12-9(13-16-10)6-1-2-14-3-6/h1-3,7-8H,4-5,11H2. The fourth-order valence-corrected chi connectivity index (χ4v) is 1.72. The zero-order valence-corrected chi connectivity index (χ0v) is 8.50. The SMILES string of the molecule is NC1COCC1c1nc(-c2ccoc2)no1. The summed E-state index contributed by atoms with van der Waals surface area (Å²) in [6.07, 6.45) is 3.13. The van der Waals surface area contributed by atoms with E-state index in [0.717, 1.165) is 5.56 Å². The highest BCUT2D eigenvalue weighted by Gasteiger charge is 2.31. The number of hydrogen-bond donors (Lipinski definition) is 1. The van der Waals surface area contributed by atoms with Crippen molar-refractivity contribution in [2.24, 2.45) is 5.73 Å². The quantitative estimate of drug-likeness (QED) is 0.805. The number of rotatable bonds is 2. The Kier molecular flexibility index (Phi) is 2.23. The molecule has 6 heteroatoms. The molecule has 0 amide bonds. The first kappa shape index (κ1) is 9.56. The summed E-state index contributed by atoms with van der Waals surface area (Å²) in [4.78, 5) is 4.29. The van der Waals surface area contributed by atoms with E-state index in [1.807, 2.05) is 0 Å². The van der Waals surface area contributed by atoms with Crippen LogP contribution < -0.4 is 5.73 Å². The summed E-state index contributed by atoms with van der Waals surface area (Å²) in [5, 5.41) is 3.88. The molecule has 2 unspecified atom stereocenters. The van der Waals surface area contributed by atoms with Crippen LogP contribution in [-0.4, -0.2) is 29.4 Å². The monoisotopic (exact) mass is 221 g/mol. The van der Waals surface area contributed by atoms with E-state index < -0.39 is 0 Å². The minimum absolute atomic E-state index is 0.00634. The van der Waals surface area contributed by atoms with Gasteiger partial charge in [-0.2, -0.15) is 4.98 Å². The number of ether oxygens (including phenoxy) is 1. The van der Waals surface area contributed by atoms with Gasteiger partial charge in [-0.1, -0.05) is 5.16 Å².